The number of benzene rings is 1. The molecule has 0 saturated heterocycles. The molecule has 96 valence electrons. The largest absolute Gasteiger partial charge is 0.444 e. The molecule has 1 amide bonds. The molecule has 0 radical (unpaired) electrons. The van der Waals surface area contributed by atoms with Crippen molar-refractivity contribution in [2.45, 2.75) is 32.9 Å². The summed E-state index contributed by atoms with van der Waals surface area (Å²) in [5.74, 6) is 0. The molecule has 0 saturated carbocycles. The van der Waals surface area contributed by atoms with E-state index >= 15 is 0 Å². The number of aliphatic imine (C=N–C) groups is 1. The van der Waals surface area contributed by atoms with Crippen molar-refractivity contribution < 1.29 is 9.53 Å². The summed E-state index contributed by atoms with van der Waals surface area (Å²) in [5.41, 5.74) is 1.22. The Kier molecular flexibility index (Phi) is 5.01. The van der Waals surface area contributed by atoms with Crippen LogP contribution in [0.4, 0.5) is 10.5 Å². The van der Waals surface area contributed by atoms with Crippen molar-refractivity contribution in [2.75, 3.05) is 0 Å². The number of nitrogens with one attached hydrogen (secondary N) is 1. The Hall–Kier alpha value is -1.71. The van der Waals surface area contributed by atoms with E-state index in [1.54, 1.807) is 0 Å². The molecule has 0 atom stereocenters. The van der Waals surface area contributed by atoms with E-state index in [-0.39, 0.29) is 0 Å². The Bertz CT molecular complexity index is 457. The van der Waals surface area contributed by atoms with Crippen molar-refractivity contribution in [2.24, 2.45) is 4.99 Å². The Morgan fingerprint density at radius 2 is 2.00 bits per heavy atom. The van der Waals surface area contributed by atoms with Crippen LogP contribution >= 0.6 is 12.2 Å². The maximum atomic E-state index is 11.4. The molecule has 0 unspecified atom stereocenters. The Morgan fingerprint density at radius 3 is 2.50 bits per heavy atom. The van der Waals surface area contributed by atoms with Gasteiger partial charge in [0.05, 0.1) is 10.8 Å². The Labute approximate surface area is 112 Å². The van der Waals surface area contributed by atoms with Crippen LogP contribution in [-0.4, -0.2) is 16.9 Å². The molecule has 0 aromatic heterocycles. The molecule has 0 aliphatic heterocycles. The number of hydrogen-bond donors (Lipinski definition) is 1. The molecule has 0 spiro atoms. The van der Waals surface area contributed by atoms with Crippen LogP contribution in [0.25, 0.3) is 0 Å². The summed E-state index contributed by atoms with van der Waals surface area (Å²) in [4.78, 5) is 15.3. The summed E-state index contributed by atoms with van der Waals surface area (Å²) in [6.07, 6.45) is -0.427. The van der Waals surface area contributed by atoms with Crippen LogP contribution in [0.5, 0.6) is 0 Å². The Morgan fingerprint density at radius 1 is 1.39 bits per heavy atom. The van der Waals surface area contributed by atoms with Crippen LogP contribution in [0.1, 0.15) is 26.3 Å². The summed E-state index contributed by atoms with van der Waals surface area (Å²) >= 11 is 4.51. The van der Waals surface area contributed by atoms with Gasteiger partial charge in [0.25, 0.3) is 0 Å². The van der Waals surface area contributed by atoms with Gasteiger partial charge in [0.15, 0.2) is 0 Å². The van der Waals surface area contributed by atoms with Crippen molar-refractivity contribution in [1.29, 1.82) is 0 Å². The van der Waals surface area contributed by atoms with E-state index in [4.69, 9.17) is 4.74 Å². The highest BCUT2D eigenvalue weighted by molar-refractivity contribution is 7.78. The topological polar surface area (TPSA) is 50.7 Å². The molecule has 1 aromatic carbocycles. The maximum Gasteiger partial charge on any atom is 0.407 e. The first-order chi connectivity index (χ1) is 8.40. The molecule has 5 heteroatoms. The van der Waals surface area contributed by atoms with Crippen LogP contribution < -0.4 is 5.32 Å². The van der Waals surface area contributed by atoms with Gasteiger partial charge in [-0.25, -0.2) is 4.79 Å². The van der Waals surface area contributed by atoms with E-state index < -0.39 is 11.7 Å². The van der Waals surface area contributed by atoms with Gasteiger partial charge < -0.3 is 10.1 Å². The smallest absolute Gasteiger partial charge is 0.407 e. The first kappa shape index (κ1) is 14.4. The summed E-state index contributed by atoms with van der Waals surface area (Å²) in [6, 6.07) is 7.35. The lowest BCUT2D eigenvalue weighted by Gasteiger charge is -2.19. The second-order valence-corrected chi connectivity index (χ2v) is 4.91. The Balaban J connectivity index is 2.49. The number of carbonyl (C=O) groups excluding carboxylic acids is 1. The number of nitrogens with zero attached hydrogens (tertiary/aromatic N) is 1. The minimum Gasteiger partial charge on any atom is -0.444 e. The molecule has 0 heterocycles. The standard InChI is InChI=1S/C13H16N2O2S/c1-13(2,3)17-12(16)14-8-10-4-6-11(7-5-10)15-9-18/h4-7H,8H2,1-3H3,(H,14,16). The third-order valence-electron chi connectivity index (χ3n) is 1.95. The molecule has 1 rings (SSSR count). The average molecular weight is 264 g/mol. The van der Waals surface area contributed by atoms with Gasteiger partial charge in [0.2, 0.25) is 0 Å². The minimum absolute atomic E-state index is 0.413. The fraction of sp³-hybridized carbons (Fsp3) is 0.385. The van der Waals surface area contributed by atoms with E-state index in [0.29, 0.717) is 6.54 Å². The molecule has 0 aliphatic rings. The van der Waals surface area contributed by atoms with E-state index in [0.717, 1.165) is 11.3 Å². The van der Waals surface area contributed by atoms with E-state index in [9.17, 15) is 4.79 Å². The lowest BCUT2D eigenvalue weighted by atomic mass is 10.2. The molecule has 0 aliphatic carbocycles. The van der Waals surface area contributed by atoms with E-state index in [2.05, 4.69) is 27.7 Å². The number of alkyl carbamates (subject to hydrolysis) is 1. The van der Waals surface area contributed by atoms with Gasteiger partial charge in [0.1, 0.15) is 5.60 Å². The lowest BCUT2D eigenvalue weighted by molar-refractivity contribution is 0.0523. The second kappa shape index (κ2) is 6.28. The zero-order chi connectivity index (χ0) is 13.6. The normalized spacial score (nSPS) is 10.4. The quantitative estimate of drug-likeness (QED) is 0.672. The number of hydrogen-bond acceptors (Lipinski definition) is 4. The molecule has 1 N–H and O–H groups in total. The fourth-order valence-corrected chi connectivity index (χ4v) is 1.33. The molecule has 0 fully saturated rings. The van der Waals surface area contributed by atoms with Crippen LogP contribution in [-0.2, 0) is 11.3 Å². The zero-order valence-corrected chi connectivity index (χ0v) is 11.5. The lowest BCUT2D eigenvalue weighted by Crippen LogP contribution is -2.32. The highest BCUT2D eigenvalue weighted by Gasteiger charge is 2.15. The van der Waals surface area contributed by atoms with Crippen molar-refractivity contribution >= 4 is 29.2 Å². The van der Waals surface area contributed by atoms with Crippen molar-refractivity contribution in [3.05, 3.63) is 29.8 Å². The third kappa shape index (κ3) is 5.57. The van der Waals surface area contributed by atoms with Crippen LogP contribution in [0.2, 0.25) is 0 Å². The van der Waals surface area contributed by atoms with Gasteiger partial charge in [-0.15, -0.1) is 0 Å². The molecular weight excluding hydrogens is 248 g/mol. The van der Waals surface area contributed by atoms with Crippen LogP contribution in [0.15, 0.2) is 29.3 Å². The van der Waals surface area contributed by atoms with Gasteiger partial charge in [0, 0.05) is 6.54 Å². The zero-order valence-electron chi connectivity index (χ0n) is 10.7. The van der Waals surface area contributed by atoms with Crippen LogP contribution in [0, 0.1) is 0 Å². The fourth-order valence-electron chi connectivity index (χ4n) is 1.23. The number of ether oxygens (including phenoxy) is 1. The maximum absolute atomic E-state index is 11.4. The third-order valence-corrected chi connectivity index (χ3v) is 2.04. The van der Waals surface area contributed by atoms with Gasteiger partial charge in [-0.05, 0) is 50.7 Å². The van der Waals surface area contributed by atoms with E-state index in [1.807, 2.05) is 45.0 Å². The number of isothiocyanates is 1. The number of carbonyl (C=O) groups is 1. The van der Waals surface area contributed by atoms with Crippen molar-refractivity contribution in [3.8, 4) is 0 Å². The highest BCUT2D eigenvalue weighted by Crippen LogP contribution is 2.12. The molecular formula is C13H16N2O2S. The van der Waals surface area contributed by atoms with Crippen molar-refractivity contribution in [3.63, 3.8) is 0 Å². The number of amides is 1. The number of rotatable bonds is 3. The highest BCUT2D eigenvalue weighted by atomic mass is 32.1. The van der Waals surface area contributed by atoms with Gasteiger partial charge in [-0.3, -0.25) is 0 Å². The van der Waals surface area contributed by atoms with Crippen molar-refractivity contribution in [1.82, 2.24) is 5.32 Å². The molecule has 18 heavy (non-hydrogen) atoms. The minimum atomic E-state index is -0.484. The van der Waals surface area contributed by atoms with E-state index in [1.165, 1.54) is 0 Å². The summed E-state index contributed by atoms with van der Waals surface area (Å²) in [7, 11) is 0. The summed E-state index contributed by atoms with van der Waals surface area (Å²) in [6.45, 7) is 5.89. The van der Waals surface area contributed by atoms with Crippen LogP contribution in [0.3, 0.4) is 0 Å². The predicted molar refractivity (Wildman–Crippen MR) is 74.2 cm³/mol. The molecule has 4 nitrogen and oxygen atoms in total. The number of thiocarbonyl (C=S) groups is 1. The molecule has 0 bridgehead atoms. The molecule has 1 aromatic rings. The predicted octanol–water partition coefficient (Wildman–Crippen LogP) is 3.45. The van der Waals surface area contributed by atoms with Gasteiger partial charge in [-0.2, -0.15) is 4.99 Å². The first-order valence-electron chi connectivity index (χ1n) is 5.54. The van der Waals surface area contributed by atoms with Gasteiger partial charge in [-0.1, -0.05) is 12.1 Å². The van der Waals surface area contributed by atoms with Gasteiger partial charge >= 0.3 is 6.09 Å². The first-order valence-corrected chi connectivity index (χ1v) is 5.95. The SMILES string of the molecule is CC(C)(C)OC(=O)NCc1ccc(N=C=S)cc1. The summed E-state index contributed by atoms with van der Waals surface area (Å²) in [5, 5.41) is 4.98. The average Bonchev–Trinajstić information content (AvgIpc) is 2.26. The monoisotopic (exact) mass is 264 g/mol. The second-order valence-electron chi connectivity index (χ2n) is 4.72. The summed E-state index contributed by atoms with van der Waals surface area (Å²) < 4.78 is 5.13.